The lowest BCUT2D eigenvalue weighted by Gasteiger charge is -2.16. The Balaban J connectivity index is 1.71. The van der Waals surface area contributed by atoms with Gasteiger partial charge in [-0.1, -0.05) is 84.9 Å². The molecule has 0 fully saturated rings. The first-order valence-electron chi connectivity index (χ1n) is 11.3. The van der Waals surface area contributed by atoms with Gasteiger partial charge in [0.15, 0.2) is 0 Å². The smallest absolute Gasteiger partial charge is 0.268 e. The minimum Gasteiger partial charge on any atom is -0.335 e. The van der Waals surface area contributed by atoms with Crippen LogP contribution in [0.4, 0.5) is 0 Å². The van der Waals surface area contributed by atoms with Crippen LogP contribution in [0.1, 0.15) is 5.56 Å². The summed E-state index contributed by atoms with van der Waals surface area (Å²) in [6.07, 6.45) is 0. The van der Waals surface area contributed by atoms with Crippen LogP contribution in [0.25, 0.3) is 33.2 Å². The number of hydrogen-bond donors (Lipinski definition) is 0. The molecule has 0 aliphatic carbocycles. The maximum atomic E-state index is 14.1. The highest BCUT2D eigenvalue weighted by atomic mass is 127. The van der Waals surface area contributed by atoms with Crippen molar-refractivity contribution in [2.24, 2.45) is 0 Å². The van der Waals surface area contributed by atoms with Crippen LogP contribution in [0, 0.1) is 3.57 Å². The SMILES string of the molecule is O=S(=O)(c1ccccc1)n1c(-c2cc3ccccc3n2Cc2ccccc2)c(I)c2ccccc21. The molecule has 4 aromatic carbocycles. The van der Waals surface area contributed by atoms with Crippen molar-refractivity contribution in [2.75, 3.05) is 0 Å². The van der Waals surface area contributed by atoms with Gasteiger partial charge in [0, 0.05) is 26.4 Å². The van der Waals surface area contributed by atoms with Gasteiger partial charge in [-0.25, -0.2) is 12.4 Å². The number of aromatic nitrogens is 2. The summed E-state index contributed by atoms with van der Waals surface area (Å²) in [5.74, 6) is 0. The van der Waals surface area contributed by atoms with Gasteiger partial charge in [-0.3, -0.25) is 0 Å². The maximum Gasteiger partial charge on any atom is 0.268 e. The molecule has 172 valence electrons. The molecule has 6 aromatic rings. The van der Waals surface area contributed by atoms with Gasteiger partial charge in [-0.2, -0.15) is 0 Å². The molecule has 0 spiro atoms. The number of para-hydroxylation sites is 2. The Labute approximate surface area is 217 Å². The van der Waals surface area contributed by atoms with Crippen molar-refractivity contribution >= 4 is 54.4 Å². The van der Waals surface area contributed by atoms with Crippen molar-refractivity contribution in [3.8, 4) is 11.4 Å². The molecule has 6 heteroatoms. The number of halogens is 1. The van der Waals surface area contributed by atoms with E-state index in [0.29, 0.717) is 17.8 Å². The van der Waals surface area contributed by atoms with E-state index in [1.807, 2.05) is 60.7 Å². The van der Waals surface area contributed by atoms with Crippen LogP contribution in [0.3, 0.4) is 0 Å². The summed E-state index contributed by atoms with van der Waals surface area (Å²) < 4.78 is 32.8. The number of hydrogen-bond acceptors (Lipinski definition) is 2. The molecule has 2 heterocycles. The maximum absolute atomic E-state index is 14.1. The van der Waals surface area contributed by atoms with E-state index in [1.54, 1.807) is 24.3 Å². The van der Waals surface area contributed by atoms with E-state index in [4.69, 9.17) is 0 Å². The van der Waals surface area contributed by atoms with Crippen LogP contribution in [-0.2, 0) is 16.6 Å². The van der Waals surface area contributed by atoms with Gasteiger partial charge in [0.2, 0.25) is 0 Å². The van der Waals surface area contributed by atoms with Crippen LogP contribution in [0.5, 0.6) is 0 Å². The van der Waals surface area contributed by atoms with E-state index in [0.717, 1.165) is 31.1 Å². The summed E-state index contributed by atoms with van der Waals surface area (Å²) in [5.41, 5.74) is 4.44. The van der Waals surface area contributed by atoms with Crippen LogP contribution in [0.2, 0.25) is 0 Å². The summed E-state index contributed by atoms with van der Waals surface area (Å²) in [4.78, 5) is 0.268. The molecule has 0 radical (unpaired) electrons. The molecule has 4 nitrogen and oxygen atoms in total. The van der Waals surface area contributed by atoms with E-state index in [1.165, 1.54) is 3.97 Å². The van der Waals surface area contributed by atoms with Gasteiger partial charge < -0.3 is 4.57 Å². The van der Waals surface area contributed by atoms with Crippen LogP contribution >= 0.6 is 22.6 Å². The number of benzene rings is 4. The summed E-state index contributed by atoms with van der Waals surface area (Å²) in [6, 6.07) is 36.9. The summed E-state index contributed by atoms with van der Waals surface area (Å²) in [5, 5.41) is 1.99. The molecular formula is C29H21IN2O2S. The quantitative estimate of drug-likeness (QED) is 0.201. The van der Waals surface area contributed by atoms with Gasteiger partial charge in [-0.05, 0) is 58.5 Å². The van der Waals surface area contributed by atoms with Gasteiger partial charge >= 0.3 is 0 Å². The summed E-state index contributed by atoms with van der Waals surface area (Å²) in [6.45, 7) is 0.632. The molecule has 0 atom stereocenters. The number of fused-ring (bicyclic) bond motifs is 2. The van der Waals surface area contributed by atoms with Crippen LogP contribution in [0.15, 0.2) is 120 Å². The highest BCUT2D eigenvalue weighted by Crippen LogP contribution is 2.40. The lowest BCUT2D eigenvalue weighted by atomic mass is 10.2. The molecule has 0 amide bonds. The normalized spacial score (nSPS) is 11.9. The first kappa shape index (κ1) is 22.1. The average Bonchev–Trinajstić information content (AvgIpc) is 3.40. The third-order valence-electron chi connectivity index (χ3n) is 6.29. The van der Waals surface area contributed by atoms with Crippen molar-refractivity contribution in [1.82, 2.24) is 8.54 Å². The molecule has 0 aliphatic heterocycles. The Kier molecular flexibility index (Phi) is 5.50. The van der Waals surface area contributed by atoms with Crippen molar-refractivity contribution in [3.63, 3.8) is 0 Å². The van der Waals surface area contributed by atoms with Gasteiger partial charge in [0.25, 0.3) is 10.0 Å². The molecule has 0 saturated heterocycles. The highest BCUT2D eigenvalue weighted by Gasteiger charge is 2.29. The lowest BCUT2D eigenvalue weighted by Crippen LogP contribution is -2.15. The van der Waals surface area contributed by atoms with Crippen molar-refractivity contribution in [2.45, 2.75) is 11.4 Å². The van der Waals surface area contributed by atoms with Crippen LogP contribution in [-0.4, -0.2) is 17.0 Å². The summed E-state index contributed by atoms with van der Waals surface area (Å²) in [7, 11) is -3.85. The third-order valence-corrected chi connectivity index (χ3v) is 9.11. The standard InChI is InChI=1S/C29H21IN2O2S/c30-28-24-16-8-10-18-26(24)32(35(33,34)23-14-5-2-6-15-23)29(28)27-19-22-13-7-9-17-25(22)31(27)20-21-11-3-1-4-12-21/h1-19H,20H2. The van der Waals surface area contributed by atoms with E-state index in [-0.39, 0.29) is 4.90 Å². The molecule has 0 aliphatic rings. The third kappa shape index (κ3) is 3.68. The van der Waals surface area contributed by atoms with Gasteiger partial charge in [0.05, 0.1) is 21.8 Å². The molecule has 0 bridgehead atoms. The van der Waals surface area contributed by atoms with E-state index >= 15 is 0 Å². The minimum absolute atomic E-state index is 0.268. The molecule has 0 saturated carbocycles. The monoisotopic (exact) mass is 588 g/mol. The molecule has 0 unspecified atom stereocenters. The topological polar surface area (TPSA) is 44.0 Å². The van der Waals surface area contributed by atoms with Gasteiger partial charge in [0.1, 0.15) is 0 Å². The van der Waals surface area contributed by atoms with E-state index < -0.39 is 10.0 Å². The predicted molar refractivity (Wildman–Crippen MR) is 150 cm³/mol. The Bertz CT molecular complexity index is 1790. The molecule has 6 rings (SSSR count). The fourth-order valence-electron chi connectivity index (χ4n) is 4.68. The fourth-order valence-corrected chi connectivity index (χ4v) is 7.37. The largest absolute Gasteiger partial charge is 0.335 e. The zero-order valence-corrected chi connectivity index (χ0v) is 21.6. The first-order chi connectivity index (χ1) is 17.1. The predicted octanol–water partition coefficient (Wildman–Crippen LogP) is 7.15. The second-order valence-electron chi connectivity index (χ2n) is 8.42. The van der Waals surface area contributed by atoms with E-state index in [2.05, 4.69) is 57.5 Å². The van der Waals surface area contributed by atoms with E-state index in [9.17, 15) is 8.42 Å². The highest BCUT2D eigenvalue weighted by molar-refractivity contribution is 14.1. The second kappa shape index (κ2) is 8.70. The van der Waals surface area contributed by atoms with Crippen LogP contribution < -0.4 is 0 Å². The average molecular weight is 588 g/mol. The number of nitrogens with zero attached hydrogens (tertiary/aromatic N) is 2. The minimum atomic E-state index is -3.85. The van der Waals surface area contributed by atoms with Gasteiger partial charge in [-0.15, -0.1) is 0 Å². The van der Waals surface area contributed by atoms with Crippen molar-refractivity contribution in [1.29, 1.82) is 0 Å². The second-order valence-corrected chi connectivity index (χ2v) is 11.3. The van der Waals surface area contributed by atoms with Crippen molar-refractivity contribution in [3.05, 3.63) is 124 Å². The Morgan fingerprint density at radius 2 is 1.29 bits per heavy atom. The Morgan fingerprint density at radius 1 is 0.686 bits per heavy atom. The first-order valence-corrected chi connectivity index (χ1v) is 13.8. The Hall–Kier alpha value is -3.36. The molecular weight excluding hydrogens is 567 g/mol. The molecule has 0 N–H and O–H groups in total. The summed E-state index contributed by atoms with van der Waals surface area (Å²) >= 11 is 2.30. The Morgan fingerprint density at radius 3 is 2.03 bits per heavy atom. The zero-order chi connectivity index (χ0) is 24.0. The fraction of sp³-hybridized carbons (Fsp3) is 0.0345. The zero-order valence-electron chi connectivity index (χ0n) is 18.7. The molecule has 2 aromatic heterocycles. The molecule has 35 heavy (non-hydrogen) atoms. The van der Waals surface area contributed by atoms with Crippen molar-refractivity contribution < 1.29 is 8.42 Å². The number of rotatable bonds is 5. The lowest BCUT2D eigenvalue weighted by molar-refractivity contribution is 0.589.